The molecule has 3 rings (SSSR count). The molecule has 1 heterocycles. The predicted octanol–water partition coefficient (Wildman–Crippen LogP) is 2.68. The van der Waals surface area contributed by atoms with Crippen molar-refractivity contribution in [1.82, 2.24) is 15.5 Å². The molecule has 10 heteroatoms. The van der Waals surface area contributed by atoms with Gasteiger partial charge in [0.25, 0.3) is 0 Å². The second-order valence-corrected chi connectivity index (χ2v) is 6.91. The Kier molecular flexibility index (Phi) is 7.96. The first-order valence-corrected chi connectivity index (χ1v) is 10.1. The third-order valence-corrected chi connectivity index (χ3v) is 4.89. The summed E-state index contributed by atoms with van der Waals surface area (Å²) in [6.07, 6.45) is 0.890. The molecule has 0 fully saturated rings. The van der Waals surface area contributed by atoms with Crippen molar-refractivity contribution < 1.29 is 32.9 Å². The van der Waals surface area contributed by atoms with Gasteiger partial charge in [0.2, 0.25) is 11.6 Å². The molecular formula is C23H27N3O7. The first-order chi connectivity index (χ1) is 16.0. The van der Waals surface area contributed by atoms with Gasteiger partial charge in [-0.15, -0.1) is 10.2 Å². The van der Waals surface area contributed by atoms with Gasteiger partial charge in [0.15, 0.2) is 23.0 Å². The number of benzene rings is 2. The number of nitrogens with zero attached hydrogens (tertiary/aromatic N) is 2. The van der Waals surface area contributed by atoms with Crippen LogP contribution in [-0.2, 0) is 12.8 Å². The van der Waals surface area contributed by atoms with Gasteiger partial charge in [0, 0.05) is 6.54 Å². The number of hydrogen-bond acceptors (Lipinski definition) is 9. The number of aromatic nitrogens is 2. The maximum absolute atomic E-state index is 12.4. The summed E-state index contributed by atoms with van der Waals surface area (Å²) < 4.78 is 32.1. The molecule has 176 valence electrons. The molecule has 3 aromatic rings. The quantitative estimate of drug-likeness (QED) is 0.464. The van der Waals surface area contributed by atoms with E-state index in [0.29, 0.717) is 48.1 Å². The molecule has 1 amide bonds. The van der Waals surface area contributed by atoms with Crippen LogP contribution in [0.25, 0.3) is 0 Å². The highest BCUT2D eigenvalue weighted by Crippen LogP contribution is 2.38. The average molecular weight is 457 g/mol. The van der Waals surface area contributed by atoms with E-state index >= 15 is 0 Å². The highest BCUT2D eigenvalue weighted by molar-refractivity contribution is 5.89. The fourth-order valence-corrected chi connectivity index (χ4v) is 3.26. The molecule has 1 N–H and O–H groups in total. The van der Waals surface area contributed by atoms with Gasteiger partial charge < -0.3 is 33.4 Å². The molecule has 0 radical (unpaired) electrons. The van der Waals surface area contributed by atoms with Crippen molar-refractivity contribution in [2.24, 2.45) is 0 Å². The lowest BCUT2D eigenvalue weighted by atomic mass is 10.1. The molecule has 0 unspecified atom stereocenters. The van der Waals surface area contributed by atoms with Crippen LogP contribution >= 0.6 is 0 Å². The normalized spacial score (nSPS) is 10.5. The van der Waals surface area contributed by atoms with Gasteiger partial charge >= 0.3 is 11.8 Å². The van der Waals surface area contributed by atoms with Crippen LogP contribution in [-0.4, -0.2) is 58.2 Å². The molecule has 0 aliphatic rings. The number of hydrogen-bond donors (Lipinski definition) is 1. The van der Waals surface area contributed by atoms with Crippen LogP contribution in [0.15, 0.2) is 34.7 Å². The number of rotatable bonds is 11. The van der Waals surface area contributed by atoms with Crippen LogP contribution < -0.4 is 29.0 Å². The summed E-state index contributed by atoms with van der Waals surface area (Å²) in [7, 11) is 7.78. The summed E-state index contributed by atoms with van der Waals surface area (Å²) >= 11 is 0. The number of methoxy groups -OCH3 is 5. The number of carbonyl (C=O) groups is 1. The summed E-state index contributed by atoms with van der Waals surface area (Å²) in [4.78, 5) is 12.4. The number of amides is 1. The second-order valence-electron chi connectivity index (χ2n) is 6.91. The molecule has 0 saturated carbocycles. The van der Waals surface area contributed by atoms with Crippen molar-refractivity contribution in [3.05, 3.63) is 53.2 Å². The predicted molar refractivity (Wildman–Crippen MR) is 119 cm³/mol. The van der Waals surface area contributed by atoms with Crippen LogP contribution in [0.2, 0.25) is 0 Å². The van der Waals surface area contributed by atoms with Crippen LogP contribution in [0, 0.1) is 0 Å². The Morgan fingerprint density at radius 1 is 0.818 bits per heavy atom. The zero-order valence-corrected chi connectivity index (χ0v) is 19.3. The summed E-state index contributed by atoms with van der Waals surface area (Å²) in [6.45, 7) is 0.388. The maximum Gasteiger partial charge on any atom is 0.308 e. The minimum absolute atomic E-state index is 0.107. The summed E-state index contributed by atoms with van der Waals surface area (Å²) in [5.41, 5.74) is 1.79. The van der Waals surface area contributed by atoms with Crippen molar-refractivity contribution in [3.63, 3.8) is 0 Å². The number of carbonyl (C=O) groups excluding carboxylic acids is 1. The summed E-state index contributed by atoms with van der Waals surface area (Å²) in [5, 5.41) is 10.6. The van der Waals surface area contributed by atoms with Gasteiger partial charge in [-0.25, -0.2) is 0 Å². The minimum atomic E-state index is -0.445. The van der Waals surface area contributed by atoms with E-state index in [2.05, 4.69) is 15.5 Å². The summed E-state index contributed by atoms with van der Waals surface area (Å²) in [6, 6.07) is 9.18. The van der Waals surface area contributed by atoms with Gasteiger partial charge in [-0.05, 0) is 41.8 Å². The lowest BCUT2D eigenvalue weighted by Gasteiger charge is -2.13. The molecule has 0 atom stereocenters. The fraction of sp³-hybridized carbons (Fsp3) is 0.348. The topological polar surface area (TPSA) is 114 Å². The largest absolute Gasteiger partial charge is 0.493 e. The van der Waals surface area contributed by atoms with Crippen molar-refractivity contribution in [2.45, 2.75) is 12.8 Å². The molecule has 0 aliphatic carbocycles. The highest BCUT2D eigenvalue weighted by Gasteiger charge is 2.18. The zero-order chi connectivity index (χ0) is 23.8. The third-order valence-electron chi connectivity index (χ3n) is 4.89. The SMILES string of the molecule is COc1ccc(CCNC(=O)c2nnc(Cc3cc(OC)c(OC)c(OC)c3)o2)cc1OC. The van der Waals surface area contributed by atoms with Gasteiger partial charge in [0.1, 0.15) is 0 Å². The molecule has 0 saturated heterocycles. The Morgan fingerprint density at radius 2 is 1.45 bits per heavy atom. The Hall–Kier alpha value is -3.95. The molecule has 1 aromatic heterocycles. The first kappa shape index (κ1) is 23.7. The number of ether oxygens (including phenoxy) is 5. The minimum Gasteiger partial charge on any atom is -0.493 e. The molecule has 10 nitrogen and oxygen atoms in total. The second kappa shape index (κ2) is 11.1. The lowest BCUT2D eigenvalue weighted by molar-refractivity contribution is 0.0918. The van der Waals surface area contributed by atoms with Crippen molar-refractivity contribution in [3.8, 4) is 28.7 Å². The van der Waals surface area contributed by atoms with Crippen LogP contribution in [0.5, 0.6) is 28.7 Å². The van der Waals surface area contributed by atoms with E-state index in [1.165, 1.54) is 21.3 Å². The smallest absolute Gasteiger partial charge is 0.308 e. The molecular weight excluding hydrogens is 430 g/mol. The molecule has 2 aromatic carbocycles. The van der Waals surface area contributed by atoms with Gasteiger partial charge in [0.05, 0.1) is 42.0 Å². The Balaban J connectivity index is 1.61. The Bertz CT molecular complexity index is 1070. The van der Waals surface area contributed by atoms with E-state index in [9.17, 15) is 4.79 Å². The maximum atomic E-state index is 12.4. The molecule has 0 spiro atoms. The van der Waals surface area contributed by atoms with Crippen molar-refractivity contribution in [2.75, 3.05) is 42.1 Å². The number of nitrogens with one attached hydrogen (secondary N) is 1. The molecule has 0 bridgehead atoms. The van der Waals surface area contributed by atoms with Gasteiger partial charge in [-0.3, -0.25) is 4.79 Å². The van der Waals surface area contributed by atoms with E-state index in [-0.39, 0.29) is 11.8 Å². The lowest BCUT2D eigenvalue weighted by Crippen LogP contribution is -2.26. The van der Waals surface area contributed by atoms with Crippen LogP contribution in [0.3, 0.4) is 0 Å². The van der Waals surface area contributed by atoms with E-state index < -0.39 is 5.91 Å². The Morgan fingerprint density at radius 3 is 2.06 bits per heavy atom. The van der Waals surface area contributed by atoms with Gasteiger partial charge in [-0.1, -0.05) is 6.07 Å². The monoisotopic (exact) mass is 457 g/mol. The van der Waals surface area contributed by atoms with E-state index in [1.807, 2.05) is 18.2 Å². The standard InChI is InChI=1S/C23H27N3O7/c1-28-16-7-6-14(10-17(16)29-2)8-9-24-22(27)23-26-25-20(33-23)13-15-11-18(30-3)21(32-5)19(12-15)31-4/h6-7,10-12H,8-9,13H2,1-5H3,(H,24,27). The highest BCUT2D eigenvalue weighted by atomic mass is 16.5. The average Bonchev–Trinajstić information content (AvgIpc) is 3.31. The van der Waals surface area contributed by atoms with Crippen molar-refractivity contribution >= 4 is 5.91 Å². The third kappa shape index (κ3) is 5.65. The van der Waals surface area contributed by atoms with Crippen LogP contribution in [0.1, 0.15) is 27.7 Å². The van der Waals surface area contributed by atoms with Crippen molar-refractivity contribution in [1.29, 1.82) is 0 Å². The Labute approximate surface area is 191 Å². The first-order valence-electron chi connectivity index (χ1n) is 10.1. The van der Waals surface area contributed by atoms with Crippen LogP contribution in [0.4, 0.5) is 0 Å². The summed E-state index contributed by atoms with van der Waals surface area (Å²) in [5.74, 6) is 2.53. The molecule has 0 aliphatic heterocycles. The van der Waals surface area contributed by atoms with E-state index in [0.717, 1.165) is 11.1 Å². The zero-order valence-electron chi connectivity index (χ0n) is 19.3. The van der Waals surface area contributed by atoms with E-state index in [1.54, 1.807) is 26.4 Å². The van der Waals surface area contributed by atoms with E-state index in [4.69, 9.17) is 28.1 Å². The fourth-order valence-electron chi connectivity index (χ4n) is 3.26. The van der Waals surface area contributed by atoms with Gasteiger partial charge in [-0.2, -0.15) is 0 Å². The molecule has 33 heavy (non-hydrogen) atoms.